The van der Waals surface area contributed by atoms with Crippen LogP contribution < -0.4 is 5.32 Å². The van der Waals surface area contributed by atoms with E-state index in [1.807, 2.05) is 0 Å². The molecule has 1 saturated carbocycles. The van der Waals surface area contributed by atoms with Crippen molar-refractivity contribution >= 4 is 11.8 Å². The molecular weight excluding hydrogens is 202 g/mol. The Bertz CT molecular complexity index is 159. The third-order valence-corrected chi connectivity index (χ3v) is 4.68. The number of rotatable bonds is 7. The fourth-order valence-electron chi connectivity index (χ4n) is 2.43. The maximum atomic E-state index is 3.74. The lowest BCUT2D eigenvalue weighted by molar-refractivity contribution is 0.399. The first kappa shape index (κ1) is 13.4. The van der Waals surface area contributed by atoms with Crippen LogP contribution >= 0.6 is 11.8 Å². The molecule has 1 aliphatic carbocycles. The zero-order chi connectivity index (χ0) is 11.1. The molecule has 0 bridgehead atoms. The summed E-state index contributed by atoms with van der Waals surface area (Å²) in [6.45, 7) is 8.13. The third kappa shape index (κ3) is 5.26. The van der Waals surface area contributed by atoms with Crippen LogP contribution in [0.25, 0.3) is 0 Å². The summed E-state index contributed by atoms with van der Waals surface area (Å²) in [4.78, 5) is 0. The summed E-state index contributed by atoms with van der Waals surface area (Å²) in [5, 5.41) is 3.74. The summed E-state index contributed by atoms with van der Waals surface area (Å²) < 4.78 is 0. The van der Waals surface area contributed by atoms with Crippen LogP contribution in [-0.2, 0) is 0 Å². The molecule has 0 aliphatic heterocycles. The predicted octanol–water partition coefficient (Wildman–Crippen LogP) is 3.54. The molecule has 0 spiro atoms. The van der Waals surface area contributed by atoms with Crippen molar-refractivity contribution in [2.45, 2.75) is 52.5 Å². The second-order valence-electron chi connectivity index (χ2n) is 5.13. The van der Waals surface area contributed by atoms with E-state index in [1.165, 1.54) is 43.7 Å². The van der Waals surface area contributed by atoms with E-state index in [0.29, 0.717) is 0 Å². The van der Waals surface area contributed by atoms with Gasteiger partial charge in [0, 0.05) is 18.3 Å². The molecule has 1 rings (SSSR count). The van der Waals surface area contributed by atoms with Gasteiger partial charge in [-0.1, -0.05) is 33.6 Å². The molecule has 1 fully saturated rings. The molecule has 2 atom stereocenters. The van der Waals surface area contributed by atoms with Gasteiger partial charge in [-0.3, -0.25) is 0 Å². The lowest BCUT2D eigenvalue weighted by Crippen LogP contribution is -2.33. The first-order valence-electron chi connectivity index (χ1n) is 6.55. The third-order valence-electron chi connectivity index (χ3n) is 3.29. The van der Waals surface area contributed by atoms with Crippen molar-refractivity contribution in [3.63, 3.8) is 0 Å². The molecule has 1 aliphatic rings. The average Bonchev–Trinajstić information content (AvgIpc) is 2.64. The molecule has 2 unspecified atom stereocenters. The van der Waals surface area contributed by atoms with E-state index in [2.05, 4.69) is 37.8 Å². The molecular formula is C13H27NS. The van der Waals surface area contributed by atoms with Crippen molar-refractivity contribution in [2.24, 2.45) is 11.8 Å². The molecule has 0 heterocycles. The highest BCUT2D eigenvalue weighted by atomic mass is 32.2. The van der Waals surface area contributed by atoms with Crippen molar-refractivity contribution in [3.05, 3.63) is 0 Å². The lowest BCUT2D eigenvalue weighted by Gasteiger charge is -2.19. The normalized spacial score (nSPS) is 26.4. The Balaban J connectivity index is 1.99. The fraction of sp³-hybridized carbons (Fsp3) is 1.00. The van der Waals surface area contributed by atoms with Gasteiger partial charge in [0.2, 0.25) is 0 Å². The topological polar surface area (TPSA) is 12.0 Å². The Labute approximate surface area is 99.8 Å². The number of hydrogen-bond donors (Lipinski definition) is 1. The largest absolute Gasteiger partial charge is 0.313 e. The summed E-state index contributed by atoms with van der Waals surface area (Å²) in [7, 11) is 0. The zero-order valence-electron chi connectivity index (χ0n) is 10.6. The van der Waals surface area contributed by atoms with Gasteiger partial charge in [-0.2, -0.15) is 11.8 Å². The number of hydrogen-bond acceptors (Lipinski definition) is 2. The highest BCUT2D eigenvalue weighted by Crippen LogP contribution is 2.27. The Kier molecular flexibility index (Phi) is 6.74. The highest BCUT2D eigenvalue weighted by Gasteiger charge is 2.24. The van der Waals surface area contributed by atoms with Gasteiger partial charge in [0.15, 0.2) is 0 Å². The summed E-state index contributed by atoms with van der Waals surface area (Å²) in [5.74, 6) is 4.39. The molecule has 2 heteroatoms. The van der Waals surface area contributed by atoms with Crippen LogP contribution in [0.3, 0.4) is 0 Å². The van der Waals surface area contributed by atoms with E-state index < -0.39 is 0 Å². The van der Waals surface area contributed by atoms with E-state index in [1.54, 1.807) is 0 Å². The molecule has 90 valence electrons. The maximum absolute atomic E-state index is 3.74. The summed E-state index contributed by atoms with van der Waals surface area (Å²) >= 11 is 2.09. The van der Waals surface area contributed by atoms with Crippen molar-refractivity contribution in [3.8, 4) is 0 Å². The molecule has 1 nitrogen and oxygen atoms in total. The Morgan fingerprint density at radius 1 is 1.33 bits per heavy atom. The Morgan fingerprint density at radius 3 is 2.80 bits per heavy atom. The van der Waals surface area contributed by atoms with Gasteiger partial charge in [0.05, 0.1) is 0 Å². The lowest BCUT2D eigenvalue weighted by atomic mass is 10.0. The Hall–Kier alpha value is 0.310. The second-order valence-corrected chi connectivity index (χ2v) is 6.28. The van der Waals surface area contributed by atoms with E-state index in [9.17, 15) is 0 Å². The minimum Gasteiger partial charge on any atom is -0.313 e. The highest BCUT2D eigenvalue weighted by molar-refractivity contribution is 7.99. The van der Waals surface area contributed by atoms with Gasteiger partial charge in [0.25, 0.3) is 0 Å². The quantitative estimate of drug-likeness (QED) is 0.670. The van der Waals surface area contributed by atoms with Gasteiger partial charge in [-0.15, -0.1) is 0 Å². The molecule has 0 aromatic rings. The van der Waals surface area contributed by atoms with Crippen LogP contribution in [0.5, 0.6) is 0 Å². The van der Waals surface area contributed by atoms with Gasteiger partial charge in [0.1, 0.15) is 0 Å². The van der Waals surface area contributed by atoms with Crippen LogP contribution in [0.1, 0.15) is 46.5 Å². The molecule has 0 aromatic carbocycles. The standard InChI is InChI=1S/C13H27NS/c1-4-12-6-5-7-13(12)14-8-9-15-10-11(2)3/h11-14H,4-10H2,1-3H3. The van der Waals surface area contributed by atoms with Crippen LogP contribution in [0, 0.1) is 11.8 Å². The maximum Gasteiger partial charge on any atom is 0.00955 e. The van der Waals surface area contributed by atoms with Gasteiger partial charge >= 0.3 is 0 Å². The van der Waals surface area contributed by atoms with Crippen molar-refractivity contribution in [1.82, 2.24) is 5.32 Å². The smallest absolute Gasteiger partial charge is 0.00955 e. The summed E-state index contributed by atoms with van der Waals surface area (Å²) in [6, 6.07) is 0.828. The van der Waals surface area contributed by atoms with Gasteiger partial charge in [-0.05, 0) is 30.4 Å². The first-order valence-corrected chi connectivity index (χ1v) is 7.70. The first-order chi connectivity index (χ1) is 7.24. The fourth-order valence-corrected chi connectivity index (χ4v) is 3.33. The summed E-state index contributed by atoms with van der Waals surface area (Å²) in [6.07, 6.45) is 5.66. The molecule has 0 radical (unpaired) electrons. The molecule has 0 amide bonds. The van der Waals surface area contributed by atoms with Gasteiger partial charge < -0.3 is 5.32 Å². The van der Waals surface area contributed by atoms with Crippen molar-refractivity contribution in [2.75, 3.05) is 18.1 Å². The predicted molar refractivity (Wildman–Crippen MR) is 71.6 cm³/mol. The summed E-state index contributed by atoms with van der Waals surface area (Å²) in [5.41, 5.74) is 0. The van der Waals surface area contributed by atoms with Crippen LogP contribution in [-0.4, -0.2) is 24.1 Å². The van der Waals surface area contributed by atoms with E-state index in [-0.39, 0.29) is 0 Å². The van der Waals surface area contributed by atoms with Gasteiger partial charge in [-0.25, -0.2) is 0 Å². The van der Waals surface area contributed by atoms with Crippen molar-refractivity contribution in [1.29, 1.82) is 0 Å². The number of thioether (sulfide) groups is 1. The zero-order valence-corrected chi connectivity index (χ0v) is 11.4. The average molecular weight is 229 g/mol. The van der Waals surface area contributed by atoms with Crippen LogP contribution in [0.15, 0.2) is 0 Å². The second kappa shape index (κ2) is 7.56. The molecule has 1 N–H and O–H groups in total. The van der Waals surface area contributed by atoms with Crippen LogP contribution in [0.4, 0.5) is 0 Å². The van der Waals surface area contributed by atoms with E-state index in [4.69, 9.17) is 0 Å². The van der Waals surface area contributed by atoms with Crippen molar-refractivity contribution < 1.29 is 0 Å². The molecule has 0 aromatic heterocycles. The molecule has 0 saturated heterocycles. The minimum absolute atomic E-state index is 0.828. The van der Waals surface area contributed by atoms with E-state index in [0.717, 1.165) is 17.9 Å². The minimum atomic E-state index is 0.828. The van der Waals surface area contributed by atoms with Crippen LogP contribution in [0.2, 0.25) is 0 Å². The SMILES string of the molecule is CCC1CCCC1NCCSCC(C)C. The monoisotopic (exact) mass is 229 g/mol. The van der Waals surface area contributed by atoms with E-state index >= 15 is 0 Å². The molecule has 15 heavy (non-hydrogen) atoms. The Morgan fingerprint density at radius 2 is 2.13 bits per heavy atom. The number of nitrogens with one attached hydrogen (secondary N) is 1.